The van der Waals surface area contributed by atoms with Crippen LogP contribution < -0.4 is 0 Å². The van der Waals surface area contributed by atoms with Crippen molar-refractivity contribution in [1.29, 1.82) is 0 Å². The number of ether oxygens (including phenoxy) is 2. The van der Waals surface area contributed by atoms with Gasteiger partial charge in [-0.2, -0.15) is 0 Å². The van der Waals surface area contributed by atoms with Gasteiger partial charge in [0, 0.05) is 7.11 Å². The minimum atomic E-state index is -0.0856. The van der Waals surface area contributed by atoms with E-state index in [1.807, 2.05) is 13.8 Å². The van der Waals surface area contributed by atoms with E-state index in [9.17, 15) is 0 Å². The number of methoxy groups -OCH3 is 1. The predicted octanol–water partition coefficient (Wildman–Crippen LogP) is -0.498. The minimum absolute atomic E-state index is 0. The van der Waals surface area contributed by atoms with Crippen molar-refractivity contribution in [2.45, 2.75) is 26.1 Å². The fourth-order valence-corrected chi connectivity index (χ4v) is 0.421. The molecular formula is C7H18MgO3. The first-order valence-electron chi connectivity index (χ1n) is 3.46. The van der Waals surface area contributed by atoms with E-state index in [0.717, 1.165) is 0 Å². The summed E-state index contributed by atoms with van der Waals surface area (Å²) in [6.07, 6.45) is 0.0200. The van der Waals surface area contributed by atoms with Crippen molar-refractivity contribution in [3.63, 3.8) is 0 Å². The summed E-state index contributed by atoms with van der Waals surface area (Å²) < 4.78 is 10.1. The third kappa shape index (κ3) is 8.55. The Balaban J connectivity index is 0. The molecule has 0 heterocycles. The largest absolute Gasteiger partial charge is 0.394 e. The van der Waals surface area contributed by atoms with Crippen molar-refractivity contribution in [1.82, 2.24) is 0 Å². The maximum absolute atomic E-state index is 8.55. The van der Waals surface area contributed by atoms with Crippen LogP contribution in [0, 0.1) is 0 Å². The van der Waals surface area contributed by atoms with E-state index in [1.165, 1.54) is 0 Å². The smallest absolute Gasteiger partial charge is 0.316 e. The first kappa shape index (κ1) is 14.2. The van der Waals surface area contributed by atoms with Crippen LogP contribution in [0.2, 0.25) is 0 Å². The Hall–Kier alpha value is 0.646. The lowest BCUT2D eigenvalue weighted by molar-refractivity contribution is -0.0313. The van der Waals surface area contributed by atoms with E-state index in [0.29, 0.717) is 6.61 Å². The molecule has 3 nitrogen and oxygen atoms in total. The summed E-state index contributed by atoms with van der Waals surface area (Å²) in [5.74, 6) is 0. The predicted molar refractivity (Wildman–Crippen MR) is 47.5 cm³/mol. The van der Waals surface area contributed by atoms with Gasteiger partial charge in [0.05, 0.1) is 25.4 Å². The van der Waals surface area contributed by atoms with Gasteiger partial charge in [0.15, 0.2) is 0 Å². The molecule has 4 heteroatoms. The molecule has 0 aliphatic rings. The Morgan fingerprint density at radius 2 is 1.82 bits per heavy atom. The van der Waals surface area contributed by atoms with Gasteiger partial charge in [-0.25, -0.2) is 0 Å². The lowest BCUT2D eigenvalue weighted by atomic mass is 10.4. The molecule has 0 bridgehead atoms. The molecule has 0 aromatic rings. The molecule has 0 aromatic carbocycles. The monoisotopic (exact) mass is 174 g/mol. The average molecular weight is 175 g/mol. The van der Waals surface area contributed by atoms with Gasteiger partial charge in [-0.05, 0) is 13.8 Å². The fourth-order valence-electron chi connectivity index (χ4n) is 0.421. The van der Waals surface area contributed by atoms with E-state index >= 15 is 0 Å². The first-order valence-corrected chi connectivity index (χ1v) is 3.46. The number of hydrogen-bond donors (Lipinski definition) is 1. The zero-order chi connectivity index (χ0) is 7.98. The number of rotatable bonds is 5. The van der Waals surface area contributed by atoms with Crippen molar-refractivity contribution in [3.8, 4) is 0 Å². The van der Waals surface area contributed by atoms with Crippen LogP contribution in [0.1, 0.15) is 13.8 Å². The minimum Gasteiger partial charge on any atom is -0.394 e. The normalized spacial score (nSPS) is 15.3. The van der Waals surface area contributed by atoms with Crippen LogP contribution in [-0.2, 0) is 9.47 Å². The molecule has 0 saturated heterocycles. The molecule has 0 aliphatic heterocycles. The standard InChI is InChI=1S/C7H16O3.Mg.2H/c1-6(4-8)10-5-7(2)9-3;;;/h6-8H,4-5H2,1-3H3;;;. The van der Waals surface area contributed by atoms with Crippen LogP contribution in [-0.4, -0.2) is 60.7 Å². The van der Waals surface area contributed by atoms with E-state index in [-0.39, 0.29) is 41.9 Å². The quantitative estimate of drug-likeness (QED) is 0.572. The molecular weight excluding hydrogens is 156 g/mol. The van der Waals surface area contributed by atoms with Crippen molar-refractivity contribution in [2.24, 2.45) is 0 Å². The summed E-state index contributed by atoms with van der Waals surface area (Å²) in [5.41, 5.74) is 0. The molecule has 66 valence electrons. The van der Waals surface area contributed by atoms with Crippen LogP contribution in [0.25, 0.3) is 0 Å². The summed E-state index contributed by atoms with van der Waals surface area (Å²) in [6, 6.07) is 0. The molecule has 11 heavy (non-hydrogen) atoms. The molecule has 0 aliphatic carbocycles. The first-order chi connectivity index (χ1) is 4.70. The van der Waals surface area contributed by atoms with Gasteiger partial charge < -0.3 is 14.6 Å². The molecule has 2 atom stereocenters. The number of hydrogen-bond acceptors (Lipinski definition) is 3. The second kappa shape index (κ2) is 8.74. The highest BCUT2D eigenvalue weighted by Gasteiger charge is 2.03. The van der Waals surface area contributed by atoms with E-state index < -0.39 is 0 Å². The average Bonchev–Trinajstić information content (AvgIpc) is 1.99. The molecule has 0 rings (SSSR count). The number of aliphatic hydroxyl groups excluding tert-OH is 1. The Labute approximate surface area is 84.2 Å². The molecule has 2 unspecified atom stereocenters. The van der Waals surface area contributed by atoms with E-state index in [2.05, 4.69) is 0 Å². The highest BCUT2D eigenvalue weighted by molar-refractivity contribution is 5.75. The summed E-state index contributed by atoms with van der Waals surface area (Å²) in [7, 11) is 1.64. The Morgan fingerprint density at radius 1 is 1.27 bits per heavy atom. The van der Waals surface area contributed by atoms with Crippen molar-refractivity contribution in [2.75, 3.05) is 20.3 Å². The van der Waals surface area contributed by atoms with Crippen LogP contribution in [0.3, 0.4) is 0 Å². The maximum Gasteiger partial charge on any atom is 0.316 e. The maximum atomic E-state index is 8.55. The Kier molecular flexibility index (Phi) is 11.3. The highest BCUT2D eigenvalue weighted by Crippen LogP contribution is 1.93. The van der Waals surface area contributed by atoms with Crippen LogP contribution in [0.15, 0.2) is 0 Å². The topological polar surface area (TPSA) is 38.7 Å². The molecule has 0 saturated carbocycles. The fraction of sp³-hybridized carbons (Fsp3) is 1.00. The van der Waals surface area contributed by atoms with E-state index in [1.54, 1.807) is 7.11 Å². The molecule has 0 amide bonds. The molecule has 0 aromatic heterocycles. The molecule has 0 spiro atoms. The van der Waals surface area contributed by atoms with E-state index in [4.69, 9.17) is 14.6 Å². The van der Waals surface area contributed by atoms with Crippen molar-refractivity contribution < 1.29 is 14.6 Å². The Morgan fingerprint density at radius 3 is 2.18 bits per heavy atom. The Bertz CT molecular complexity index is 70.1. The third-order valence-electron chi connectivity index (χ3n) is 1.27. The van der Waals surface area contributed by atoms with Gasteiger partial charge in [0.25, 0.3) is 0 Å². The summed E-state index contributed by atoms with van der Waals surface area (Å²) in [6.45, 7) is 4.35. The third-order valence-corrected chi connectivity index (χ3v) is 1.27. The molecule has 1 N–H and O–H groups in total. The van der Waals surface area contributed by atoms with Crippen LogP contribution in [0.4, 0.5) is 0 Å². The lowest BCUT2D eigenvalue weighted by Crippen LogP contribution is -2.21. The van der Waals surface area contributed by atoms with Crippen LogP contribution in [0.5, 0.6) is 0 Å². The van der Waals surface area contributed by atoms with Crippen molar-refractivity contribution >= 4 is 23.1 Å². The zero-order valence-electron chi connectivity index (χ0n) is 6.83. The van der Waals surface area contributed by atoms with Crippen molar-refractivity contribution in [3.05, 3.63) is 0 Å². The van der Waals surface area contributed by atoms with Gasteiger partial charge in [0.1, 0.15) is 0 Å². The van der Waals surface area contributed by atoms with Gasteiger partial charge in [0.2, 0.25) is 0 Å². The van der Waals surface area contributed by atoms with Gasteiger partial charge in [-0.15, -0.1) is 0 Å². The van der Waals surface area contributed by atoms with Gasteiger partial charge in [-0.3, -0.25) is 0 Å². The summed E-state index contributed by atoms with van der Waals surface area (Å²) >= 11 is 0. The summed E-state index contributed by atoms with van der Waals surface area (Å²) in [5, 5.41) is 8.55. The highest BCUT2D eigenvalue weighted by atomic mass is 24.3. The molecule has 0 fully saturated rings. The zero-order valence-corrected chi connectivity index (χ0v) is 6.83. The van der Waals surface area contributed by atoms with Crippen LogP contribution >= 0.6 is 0 Å². The lowest BCUT2D eigenvalue weighted by Gasteiger charge is -2.13. The van der Waals surface area contributed by atoms with Gasteiger partial charge in [-0.1, -0.05) is 0 Å². The SMILES string of the molecule is COC(C)COC(C)CO.[MgH2]. The number of aliphatic hydroxyl groups is 1. The molecule has 0 radical (unpaired) electrons. The van der Waals surface area contributed by atoms with Gasteiger partial charge >= 0.3 is 23.1 Å². The summed E-state index contributed by atoms with van der Waals surface area (Å²) in [4.78, 5) is 0. The second-order valence-electron chi connectivity index (χ2n) is 2.37. The second-order valence-corrected chi connectivity index (χ2v) is 2.37.